The summed E-state index contributed by atoms with van der Waals surface area (Å²) < 4.78 is 30.3. The smallest absolute Gasteiger partial charge is 0.410 e. The number of aryl methyl sites for hydroxylation is 1. The number of benzene rings is 1. The number of carbonyl (C=O) groups is 2. The van der Waals surface area contributed by atoms with Gasteiger partial charge in [-0.15, -0.1) is 0 Å². The first-order valence-electron chi connectivity index (χ1n) is 7.83. The molecule has 1 N–H and O–H groups in total. The van der Waals surface area contributed by atoms with Gasteiger partial charge in [0.1, 0.15) is 11.5 Å². The second kappa shape index (κ2) is 12.1. The minimum Gasteiger partial charge on any atom is -0.410 e. The van der Waals surface area contributed by atoms with Gasteiger partial charge in [-0.25, -0.2) is 9.36 Å². The largest absolute Gasteiger partial charge is 0.529 e. The lowest BCUT2D eigenvalue weighted by atomic mass is 10.2. The number of hydrogen-bond acceptors (Lipinski definition) is 7. The van der Waals surface area contributed by atoms with Crippen LogP contribution in [-0.2, 0) is 22.9 Å². The minimum atomic E-state index is -3.56. The van der Waals surface area contributed by atoms with Gasteiger partial charge in [0.15, 0.2) is 0 Å². The highest BCUT2D eigenvalue weighted by Crippen LogP contribution is 2.49. The Hall–Kier alpha value is -2.35. The first-order chi connectivity index (χ1) is 12.6. The van der Waals surface area contributed by atoms with Gasteiger partial charge in [0, 0.05) is 41.4 Å². The first kappa shape index (κ1) is 24.7. The lowest BCUT2D eigenvalue weighted by Gasteiger charge is -2.14. The predicted molar refractivity (Wildman–Crippen MR) is 101 cm³/mol. The zero-order valence-electron chi connectivity index (χ0n) is 16.6. The van der Waals surface area contributed by atoms with Gasteiger partial charge >= 0.3 is 13.9 Å². The van der Waals surface area contributed by atoms with E-state index in [1.165, 1.54) is 39.2 Å². The van der Waals surface area contributed by atoms with Gasteiger partial charge in [0.25, 0.3) is 0 Å². The number of nitrogens with zero attached hydrogens (tertiary/aromatic N) is 1. The summed E-state index contributed by atoms with van der Waals surface area (Å²) in [7, 11) is 3.55. The second-order valence-corrected chi connectivity index (χ2v) is 7.15. The number of rotatable bonds is 6. The molecule has 9 nitrogen and oxygen atoms in total. The van der Waals surface area contributed by atoms with Gasteiger partial charge in [-0.3, -0.25) is 13.8 Å². The third-order valence-electron chi connectivity index (χ3n) is 2.87. The SMILES string of the molecule is CNC(=O)Oc1cccc(C)c1.COP(=O)(OC)O/C(C)=C/C(=O)N(C)C. The van der Waals surface area contributed by atoms with Gasteiger partial charge in [-0.2, -0.15) is 0 Å². The fraction of sp³-hybridized carbons (Fsp3) is 0.412. The average Bonchev–Trinajstić information content (AvgIpc) is 2.61. The molecule has 0 unspecified atom stereocenters. The Morgan fingerprint density at radius 2 is 1.78 bits per heavy atom. The molecule has 152 valence electrons. The molecule has 1 rings (SSSR count). The van der Waals surface area contributed by atoms with Crippen LogP contribution in [0.25, 0.3) is 0 Å². The summed E-state index contributed by atoms with van der Waals surface area (Å²) in [5, 5.41) is 2.37. The van der Waals surface area contributed by atoms with Gasteiger partial charge in [-0.1, -0.05) is 12.1 Å². The van der Waals surface area contributed by atoms with Gasteiger partial charge in [-0.05, 0) is 31.5 Å². The maximum absolute atomic E-state index is 11.5. The molecule has 27 heavy (non-hydrogen) atoms. The van der Waals surface area contributed by atoms with Crippen LogP contribution in [0.1, 0.15) is 12.5 Å². The van der Waals surface area contributed by atoms with Crippen molar-refractivity contribution in [3.8, 4) is 5.75 Å². The van der Waals surface area contributed by atoms with Crippen LogP contribution in [0.2, 0.25) is 0 Å². The Bertz CT molecular complexity index is 696. The highest BCUT2D eigenvalue weighted by molar-refractivity contribution is 7.48. The van der Waals surface area contributed by atoms with Crippen molar-refractivity contribution in [1.82, 2.24) is 10.2 Å². The van der Waals surface area contributed by atoms with Crippen LogP contribution < -0.4 is 10.1 Å². The molecule has 0 spiro atoms. The third-order valence-corrected chi connectivity index (χ3v) is 4.28. The Morgan fingerprint density at radius 3 is 2.22 bits per heavy atom. The number of carbonyl (C=O) groups excluding carboxylic acids is 2. The molecule has 1 aromatic rings. The molecule has 0 saturated carbocycles. The number of hydrogen-bond donors (Lipinski definition) is 1. The molecular weight excluding hydrogens is 375 g/mol. The standard InChI is InChI=1S/C9H11NO2.C8H16NO5P/c1-7-4-3-5-8(6-7)12-9(11)10-2;1-7(6-8(10)9(2)3)14-15(11,12-4)13-5/h3-6H,1-2H3,(H,10,11);6H,1-5H3/b;7-6+. The molecule has 0 fully saturated rings. The maximum atomic E-state index is 11.5. The normalized spacial score (nSPS) is 11.0. The number of ether oxygens (including phenoxy) is 1. The van der Waals surface area contributed by atoms with E-state index in [9.17, 15) is 14.2 Å². The van der Waals surface area contributed by atoms with Gasteiger partial charge in [0.2, 0.25) is 5.91 Å². The van der Waals surface area contributed by atoms with Gasteiger partial charge < -0.3 is 19.5 Å². The molecule has 1 aromatic carbocycles. The van der Waals surface area contributed by atoms with Crippen molar-refractivity contribution in [3.63, 3.8) is 0 Å². The topological polar surface area (TPSA) is 103 Å². The van der Waals surface area contributed by atoms with Crippen LogP contribution in [0.15, 0.2) is 36.1 Å². The lowest BCUT2D eigenvalue weighted by Crippen LogP contribution is -2.21. The number of nitrogens with one attached hydrogen (secondary N) is 1. The van der Waals surface area contributed by atoms with E-state index in [4.69, 9.17) is 9.26 Å². The predicted octanol–water partition coefficient (Wildman–Crippen LogP) is 3.11. The summed E-state index contributed by atoms with van der Waals surface area (Å²) in [6.45, 7) is 3.43. The maximum Gasteiger partial charge on any atom is 0.529 e. The summed E-state index contributed by atoms with van der Waals surface area (Å²) in [6, 6.07) is 7.32. The van der Waals surface area contributed by atoms with Crippen LogP contribution in [0.5, 0.6) is 5.75 Å². The first-order valence-corrected chi connectivity index (χ1v) is 9.29. The van der Waals surface area contributed by atoms with E-state index < -0.39 is 13.9 Å². The van der Waals surface area contributed by atoms with Crippen molar-refractivity contribution >= 4 is 19.8 Å². The fourth-order valence-electron chi connectivity index (χ4n) is 1.49. The van der Waals surface area contributed by atoms with E-state index in [1.807, 2.05) is 19.1 Å². The summed E-state index contributed by atoms with van der Waals surface area (Å²) in [6.07, 6.45) is 0.755. The number of likely N-dealkylation sites (N-methyl/N-ethyl adjacent to an activating group) is 1. The van der Waals surface area contributed by atoms with Crippen molar-refractivity contribution in [2.75, 3.05) is 35.4 Å². The van der Waals surface area contributed by atoms with E-state index >= 15 is 0 Å². The fourth-order valence-corrected chi connectivity index (χ4v) is 2.20. The molecule has 0 aliphatic carbocycles. The average molecular weight is 402 g/mol. The Balaban J connectivity index is 0.000000511. The Kier molecular flexibility index (Phi) is 11.1. The molecule has 0 aliphatic rings. The van der Waals surface area contributed by atoms with Gasteiger partial charge in [0.05, 0.1) is 0 Å². The van der Waals surface area contributed by atoms with Crippen molar-refractivity contribution in [1.29, 1.82) is 0 Å². The molecule has 0 heterocycles. The third kappa shape index (κ3) is 10.4. The molecule has 0 radical (unpaired) electrons. The zero-order chi connectivity index (χ0) is 21.0. The minimum absolute atomic E-state index is 0.167. The molecule has 0 aromatic heterocycles. The van der Waals surface area contributed by atoms with E-state index in [2.05, 4.69) is 14.4 Å². The monoisotopic (exact) mass is 402 g/mol. The summed E-state index contributed by atoms with van der Waals surface area (Å²) in [4.78, 5) is 23.3. The van der Waals surface area contributed by atoms with E-state index in [0.29, 0.717) is 5.75 Å². The van der Waals surface area contributed by atoms with Crippen molar-refractivity contribution in [2.24, 2.45) is 0 Å². The number of phosphoric acid groups is 1. The molecule has 0 aliphatic heterocycles. The van der Waals surface area contributed by atoms with Crippen LogP contribution >= 0.6 is 7.82 Å². The number of allylic oxidation sites excluding steroid dienone is 1. The van der Waals surface area contributed by atoms with E-state index in [0.717, 1.165) is 5.56 Å². The zero-order valence-corrected chi connectivity index (χ0v) is 17.5. The number of phosphoric ester groups is 1. The lowest BCUT2D eigenvalue weighted by molar-refractivity contribution is -0.123. The molecule has 0 bridgehead atoms. The molecular formula is C17H27N2O7P. The number of amides is 2. The van der Waals surface area contributed by atoms with E-state index in [1.54, 1.807) is 26.2 Å². The Labute approximate surface area is 159 Å². The van der Waals surface area contributed by atoms with Crippen molar-refractivity contribution < 1.29 is 32.5 Å². The van der Waals surface area contributed by atoms with Crippen LogP contribution in [-0.4, -0.2) is 52.3 Å². The Morgan fingerprint density at radius 1 is 1.19 bits per heavy atom. The highest BCUT2D eigenvalue weighted by atomic mass is 31.2. The highest BCUT2D eigenvalue weighted by Gasteiger charge is 2.24. The van der Waals surface area contributed by atoms with Crippen molar-refractivity contribution in [3.05, 3.63) is 41.7 Å². The van der Waals surface area contributed by atoms with E-state index in [-0.39, 0.29) is 11.7 Å². The molecule has 10 heteroatoms. The van der Waals surface area contributed by atoms with Crippen LogP contribution in [0, 0.1) is 6.92 Å². The summed E-state index contributed by atoms with van der Waals surface area (Å²) in [5.74, 6) is 0.460. The quantitative estimate of drug-likeness (QED) is 0.443. The second-order valence-electron chi connectivity index (χ2n) is 5.35. The van der Waals surface area contributed by atoms with Crippen molar-refractivity contribution in [2.45, 2.75) is 13.8 Å². The molecule has 2 amide bonds. The molecule has 0 atom stereocenters. The molecule has 0 saturated heterocycles. The summed E-state index contributed by atoms with van der Waals surface area (Å²) >= 11 is 0. The van der Waals surface area contributed by atoms with Crippen LogP contribution in [0.3, 0.4) is 0 Å². The van der Waals surface area contributed by atoms with Crippen LogP contribution in [0.4, 0.5) is 4.79 Å². The summed E-state index contributed by atoms with van der Waals surface area (Å²) in [5.41, 5.74) is 1.07.